The lowest BCUT2D eigenvalue weighted by Crippen LogP contribution is -2.46. The Morgan fingerprint density at radius 1 is 1.44 bits per heavy atom. The Kier molecular flexibility index (Phi) is 4.23. The molecule has 2 aliphatic rings. The SMILES string of the molecule is O=C(O)[C@@H]1CCCN1C(=O)NCCC1=CCCC1. The Bertz CT molecular complexity index is 365. The molecular weight excluding hydrogens is 232 g/mol. The first-order valence-electron chi connectivity index (χ1n) is 6.63. The van der Waals surface area contributed by atoms with E-state index >= 15 is 0 Å². The molecule has 0 saturated carbocycles. The van der Waals surface area contributed by atoms with Gasteiger partial charge in [-0.3, -0.25) is 0 Å². The summed E-state index contributed by atoms with van der Waals surface area (Å²) in [6.45, 7) is 1.15. The highest BCUT2D eigenvalue weighted by Gasteiger charge is 2.33. The third-order valence-corrected chi connectivity index (χ3v) is 3.66. The molecule has 0 unspecified atom stereocenters. The minimum atomic E-state index is -0.902. The number of allylic oxidation sites excluding steroid dienone is 1. The third kappa shape index (κ3) is 3.03. The predicted octanol–water partition coefficient (Wildman–Crippen LogP) is 1.75. The van der Waals surface area contributed by atoms with Gasteiger partial charge in [-0.1, -0.05) is 11.6 Å². The van der Waals surface area contributed by atoms with Crippen LogP contribution in [0.1, 0.15) is 38.5 Å². The number of carbonyl (C=O) groups is 2. The van der Waals surface area contributed by atoms with Crippen molar-refractivity contribution < 1.29 is 14.7 Å². The van der Waals surface area contributed by atoms with Gasteiger partial charge in [0.25, 0.3) is 0 Å². The molecule has 2 rings (SSSR count). The maximum atomic E-state index is 11.9. The van der Waals surface area contributed by atoms with E-state index in [1.165, 1.54) is 16.9 Å². The number of nitrogens with zero attached hydrogens (tertiary/aromatic N) is 1. The maximum Gasteiger partial charge on any atom is 0.326 e. The van der Waals surface area contributed by atoms with E-state index < -0.39 is 12.0 Å². The Morgan fingerprint density at radius 2 is 2.28 bits per heavy atom. The van der Waals surface area contributed by atoms with Crippen LogP contribution in [0.5, 0.6) is 0 Å². The van der Waals surface area contributed by atoms with Gasteiger partial charge in [-0.05, 0) is 38.5 Å². The lowest BCUT2D eigenvalue weighted by atomic mass is 10.2. The zero-order valence-corrected chi connectivity index (χ0v) is 10.5. The van der Waals surface area contributed by atoms with Crippen molar-refractivity contribution >= 4 is 12.0 Å². The molecule has 0 aromatic rings. The van der Waals surface area contributed by atoms with E-state index in [1.807, 2.05) is 0 Å². The number of urea groups is 1. The van der Waals surface area contributed by atoms with Crippen molar-refractivity contribution in [2.45, 2.75) is 44.6 Å². The molecule has 1 fully saturated rings. The Hall–Kier alpha value is -1.52. The van der Waals surface area contributed by atoms with Gasteiger partial charge < -0.3 is 15.3 Å². The Balaban J connectivity index is 1.75. The first kappa shape index (κ1) is 12.9. The summed E-state index contributed by atoms with van der Waals surface area (Å²) in [4.78, 5) is 24.3. The number of likely N-dealkylation sites (tertiary alicyclic amines) is 1. The van der Waals surface area contributed by atoms with Crippen LogP contribution < -0.4 is 5.32 Å². The van der Waals surface area contributed by atoms with Crippen molar-refractivity contribution in [1.29, 1.82) is 0 Å². The molecule has 18 heavy (non-hydrogen) atoms. The second-order valence-corrected chi connectivity index (χ2v) is 4.93. The molecule has 100 valence electrons. The molecule has 1 heterocycles. The number of nitrogens with one attached hydrogen (secondary N) is 1. The van der Waals surface area contributed by atoms with Gasteiger partial charge in [-0.2, -0.15) is 0 Å². The van der Waals surface area contributed by atoms with Crippen LogP contribution in [0.2, 0.25) is 0 Å². The molecule has 1 atom stereocenters. The number of hydrogen-bond acceptors (Lipinski definition) is 2. The molecule has 2 N–H and O–H groups in total. The standard InChI is InChI=1S/C13H20N2O3/c16-12(17)11-6-3-9-15(11)13(18)14-8-7-10-4-1-2-5-10/h4,11H,1-3,5-9H2,(H,14,18)(H,16,17)/t11-/m0/s1. The lowest BCUT2D eigenvalue weighted by Gasteiger charge is -2.21. The van der Waals surface area contributed by atoms with Gasteiger partial charge in [0.1, 0.15) is 6.04 Å². The molecule has 0 bridgehead atoms. The molecule has 5 nitrogen and oxygen atoms in total. The summed E-state index contributed by atoms with van der Waals surface area (Å²) < 4.78 is 0. The summed E-state index contributed by atoms with van der Waals surface area (Å²) >= 11 is 0. The number of aliphatic carboxylic acids is 1. The van der Waals surface area contributed by atoms with Crippen LogP contribution in [0.15, 0.2) is 11.6 Å². The number of hydrogen-bond donors (Lipinski definition) is 2. The summed E-state index contributed by atoms with van der Waals surface area (Å²) in [7, 11) is 0. The van der Waals surface area contributed by atoms with Crippen LogP contribution in [-0.4, -0.2) is 41.1 Å². The second kappa shape index (κ2) is 5.89. The molecule has 5 heteroatoms. The van der Waals surface area contributed by atoms with Gasteiger partial charge in [-0.15, -0.1) is 0 Å². The molecule has 1 aliphatic heterocycles. The maximum absolute atomic E-state index is 11.9. The van der Waals surface area contributed by atoms with Crippen LogP contribution in [0.3, 0.4) is 0 Å². The minimum absolute atomic E-state index is 0.238. The summed E-state index contributed by atoms with van der Waals surface area (Å²) in [5, 5.41) is 11.8. The molecule has 0 aromatic heterocycles. The minimum Gasteiger partial charge on any atom is -0.480 e. The van der Waals surface area contributed by atoms with Crippen LogP contribution in [0, 0.1) is 0 Å². The normalized spacial score (nSPS) is 23.0. The van der Waals surface area contributed by atoms with Crippen molar-refractivity contribution in [2.75, 3.05) is 13.1 Å². The zero-order chi connectivity index (χ0) is 13.0. The number of carbonyl (C=O) groups excluding carboxylic acids is 1. The summed E-state index contributed by atoms with van der Waals surface area (Å²) in [5.74, 6) is -0.902. The number of carboxylic acids is 1. The molecule has 1 saturated heterocycles. The smallest absolute Gasteiger partial charge is 0.326 e. The van der Waals surface area contributed by atoms with E-state index in [0.29, 0.717) is 19.5 Å². The molecule has 0 radical (unpaired) electrons. The molecule has 1 aliphatic carbocycles. The Morgan fingerprint density at radius 3 is 2.94 bits per heavy atom. The zero-order valence-electron chi connectivity index (χ0n) is 10.5. The van der Waals surface area contributed by atoms with Gasteiger partial charge in [-0.25, -0.2) is 9.59 Å². The van der Waals surface area contributed by atoms with E-state index in [-0.39, 0.29) is 6.03 Å². The summed E-state index contributed by atoms with van der Waals surface area (Å²) in [6.07, 6.45) is 7.97. The predicted molar refractivity (Wildman–Crippen MR) is 67.3 cm³/mol. The van der Waals surface area contributed by atoms with Gasteiger partial charge in [0.15, 0.2) is 0 Å². The van der Waals surface area contributed by atoms with Crippen LogP contribution >= 0.6 is 0 Å². The third-order valence-electron chi connectivity index (χ3n) is 3.66. The van der Waals surface area contributed by atoms with Gasteiger partial charge in [0, 0.05) is 13.1 Å². The first-order valence-corrected chi connectivity index (χ1v) is 6.63. The van der Waals surface area contributed by atoms with Crippen LogP contribution in [0.25, 0.3) is 0 Å². The highest BCUT2D eigenvalue weighted by molar-refractivity contribution is 5.83. The van der Waals surface area contributed by atoms with Crippen molar-refractivity contribution in [2.24, 2.45) is 0 Å². The average molecular weight is 252 g/mol. The fourth-order valence-corrected chi connectivity index (χ4v) is 2.66. The van der Waals surface area contributed by atoms with Gasteiger partial charge in [0.2, 0.25) is 0 Å². The molecular formula is C13H20N2O3. The average Bonchev–Trinajstić information content (AvgIpc) is 2.99. The number of carboxylic acid groups (broad SMARTS) is 1. The van der Waals surface area contributed by atoms with E-state index in [1.54, 1.807) is 0 Å². The monoisotopic (exact) mass is 252 g/mol. The second-order valence-electron chi connectivity index (χ2n) is 4.93. The van der Waals surface area contributed by atoms with E-state index in [0.717, 1.165) is 25.7 Å². The highest BCUT2D eigenvalue weighted by Crippen LogP contribution is 2.20. The van der Waals surface area contributed by atoms with Crippen molar-refractivity contribution in [3.63, 3.8) is 0 Å². The van der Waals surface area contributed by atoms with Crippen LogP contribution in [-0.2, 0) is 4.79 Å². The van der Waals surface area contributed by atoms with Crippen molar-refractivity contribution in [3.8, 4) is 0 Å². The summed E-state index contributed by atoms with van der Waals surface area (Å²) in [5.41, 5.74) is 1.41. The van der Waals surface area contributed by atoms with E-state index in [2.05, 4.69) is 11.4 Å². The first-order chi connectivity index (χ1) is 8.68. The highest BCUT2D eigenvalue weighted by atomic mass is 16.4. The van der Waals surface area contributed by atoms with Gasteiger partial charge in [0.05, 0.1) is 0 Å². The largest absolute Gasteiger partial charge is 0.480 e. The van der Waals surface area contributed by atoms with Gasteiger partial charge >= 0.3 is 12.0 Å². The fourth-order valence-electron chi connectivity index (χ4n) is 2.66. The molecule has 0 aromatic carbocycles. The number of rotatable bonds is 4. The van der Waals surface area contributed by atoms with Crippen molar-refractivity contribution in [3.05, 3.63) is 11.6 Å². The Labute approximate surface area is 107 Å². The lowest BCUT2D eigenvalue weighted by molar-refractivity contribution is -0.141. The quantitative estimate of drug-likeness (QED) is 0.749. The van der Waals surface area contributed by atoms with Crippen LogP contribution in [0.4, 0.5) is 4.79 Å². The fraction of sp³-hybridized carbons (Fsp3) is 0.692. The van der Waals surface area contributed by atoms with E-state index in [4.69, 9.17) is 5.11 Å². The summed E-state index contributed by atoms with van der Waals surface area (Å²) in [6, 6.07) is -0.880. The molecule has 0 spiro atoms. The topological polar surface area (TPSA) is 69.6 Å². The van der Waals surface area contributed by atoms with E-state index in [9.17, 15) is 9.59 Å². The van der Waals surface area contributed by atoms with Crippen molar-refractivity contribution in [1.82, 2.24) is 10.2 Å². The molecule has 2 amide bonds. The number of amides is 2.